The first-order valence-corrected chi connectivity index (χ1v) is 8.20. The summed E-state index contributed by atoms with van der Waals surface area (Å²) in [5.74, 6) is -1.13. The largest absolute Gasteiger partial charge is 1.00 e. The van der Waals surface area contributed by atoms with Crippen LogP contribution in [0, 0.1) is 0 Å². The minimum absolute atomic E-state index is 0. The van der Waals surface area contributed by atoms with Crippen molar-refractivity contribution in [2.45, 2.75) is 64.8 Å². The fraction of sp³-hybridized carbons (Fsp3) is 0.556. The summed E-state index contributed by atoms with van der Waals surface area (Å²) in [4.78, 5) is 22.3. The number of carboxylic acid groups (broad SMARTS) is 1. The van der Waals surface area contributed by atoms with Crippen molar-refractivity contribution in [3.63, 3.8) is 0 Å². The summed E-state index contributed by atoms with van der Waals surface area (Å²) in [5, 5.41) is 13.5. The molecule has 1 aromatic carbocycles. The number of amides is 1. The molecule has 0 atom stereocenters. The molecule has 0 fully saturated rings. The Hall–Kier alpha value is -0.840. The molecule has 1 amide bonds. The zero-order valence-corrected chi connectivity index (χ0v) is 16.4. The molecule has 0 aliphatic heterocycles. The molecule has 0 bridgehead atoms. The van der Waals surface area contributed by atoms with Crippen LogP contribution in [0.2, 0.25) is 0 Å². The monoisotopic (exact) mass is 327 g/mol. The molecule has 122 valence electrons. The number of carbonyl (C=O) groups is 2. The number of benzene rings is 1. The summed E-state index contributed by atoms with van der Waals surface area (Å²) in [7, 11) is 0. The van der Waals surface area contributed by atoms with Gasteiger partial charge >= 0.3 is 29.6 Å². The van der Waals surface area contributed by atoms with E-state index < -0.39 is 5.97 Å². The van der Waals surface area contributed by atoms with Gasteiger partial charge in [-0.1, -0.05) is 69.7 Å². The summed E-state index contributed by atoms with van der Waals surface area (Å²) in [6.45, 7) is 2.64. The summed E-state index contributed by atoms with van der Waals surface area (Å²) in [5.41, 5.74) is 1.04. The van der Waals surface area contributed by atoms with E-state index >= 15 is 0 Å². The molecule has 5 heteroatoms. The van der Waals surface area contributed by atoms with Gasteiger partial charge in [0.2, 0.25) is 5.91 Å². The van der Waals surface area contributed by atoms with Gasteiger partial charge in [0.15, 0.2) is 0 Å². The molecule has 0 unspecified atom stereocenters. The van der Waals surface area contributed by atoms with Crippen molar-refractivity contribution in [1.29, 1.82) is 0 Å². The molecule has 1 aromatic rings. The average molecular weight is 327 g/mol. The molecular formula is C18H26NNaO3. The van der Waals surface area contributed by atoms with E-state index in [0.717, 1.165) is 18.4 Å². The van der Waals surface area contributed by atoms with Crippen molar-refractivity contribution in [1.82, 2.24) is 5.32 Å². The van der Waals surface area contributed by atoms with Crippen molar-refractivity contribution >= 4 is 11.9 Å². The van der Waals surface area contributed by atoms with Gasteiger partial charge in [-0.2, -0.15) is 0 Å². The van der Waals surface area contributed by atoms with Crippen LogP contribution in [0.3, 0.4) is 0 Å². The molecule has 4 nitrogen and oxygen atoms in total. The van der Waals surface area contributed by atoms with Gasteiger partial charge in [-0.3, -0.25) is 4.79 Å². The molecule has 0 aliphatic carbocycles. The maximum absolute atomic E-state index is 11.7. The van der Waals surface area contributed by atoms with Gasteiger partial charge in [-0.25, -0.2) is 0 Å². The van der Waals surface area contributed by atoms with Crippen LogP contribution in [0.1, 0.15) is 74.2 Å². The Morgan fingerprint density at radius 1 is 0.957 bits per heavy atom. The van der Waals surface area contributed by atoms with E-state index in [4.69, 9.17) is 0 Å². The van der Waals surface area contributed by atoms with Gasteiger partial charge in [0, 0.05) is 13.0 Å². The van der Waals surface area contributed by atoms with Gasteiger partial charge in [-0.15, -0.1) is 0 Å². The Bertz CT molecular complexity index is 460. The van der Waals surface area contributed by atoms with E-state index in [0.29, 0.717) is 13.0 Å². The molecule has 0 aliphatic rings. The van der Waals surface area contributed by atoms with E-state index in [1.807, 2.05) is 0 Å². The number of hydrogen-bond donors (Lipinski definition) is 1. The molecule has 1 N–H and O–H groups in total. The second-order valence-electron chi connectivity index (χ2n) is 5.63. The fourth-order valence-electron chi connectivity index (χ4n) is 2.29. The SMILES string of the molecule is CCCCCCCCCC(=O)NCc1ccc(C(=O)[O-])cc1.[Na+]. The van der Waals surface area contributed by atoms with Crippen molar-refractivity contribution in [2.75, 3.05) is 0 Å². The van der Waals surface area contributed by atoms with Gasteiger partial charge in [0.05, 0.1) is 5.97 Å². The molecule has 0 radical (unpaired) electrons. The zero-order chi connectivity index (χ0) is 16.2. The van der Waals surface area contributed by atoms with E-state index in [2.05, 4.69) is 12.2 Å². The molecular weight excluding hydrogens is 301 g/mol. The Kier molecular flexibility index (Phi) is 13.1. The van der Waals surface area contributed by atoms with Crippen LogP contribution in [0.4, 0.5) is 0 Å². The van der Waals surface area contributed by atoms with Crippen LogP contribution < -0.4 is 40.0 Å². The van der Waals surface area contributed by atoms with Crippen LogP contribution >= 0.6 is 0 Å². The number of nitrogens with one attached hydrogen (secondary N) is 1. The molecule has 0 saturated heterocycles. The molecule has 0 heterocycles. The molecule has 0 spiro atoms. The molecule has 0 aromatic heterocycles. The minimum Gasteiger partial charge on any atom is -0.545 e. The van der Waals surface area contributed by atoms with Crippen LogP contribution in [-0.2, 0) is 11.3 Å². The first-order chi connectivity index (χ1) is 10.6. The van der Waals surface area contributed by atoms with Gasteiger partial charge in [-0.05, 0) is 17.5 Å². The van der Waals surface area contributed by atoms with Gasteiger partial charge < -0.3 is 15.2 Å². The second-order valence-corrected chi connectivity index (χ2v) is 5.63. The van der Waals surface area contributed by atoms with Crippen LogP contribution in [0.25, 0.3) is 0 Å². The van der Waals surface area contributed by atoms with Crippen molar-refractivity contribution in [3.05, 3.63) is 35.4 Å². The predicted octanol–water partition coefficient (Wildman–Crippen LogP) is -0.189. The number of hydrogen-bond acceptors (Lipinski definition) is 3. The molecule has 1 rings (SSSR count). The molecule has 0 saturated carbocycles. The minimum atomic E-state index is -1.19. The summed E-state index contributed by atoms with van der Waals surface area (Å²) in [6, 6.07) is 6.37. The molecule has 23 heavy (non-hydrogen) atoms. The summed E-state index contributed by atoms with van der Waals surface area (Å²) >= 11 is 0. The standard InChI is InChI=1S/C18H27NO3.Na/c1-2-3-4-5-6-7-8-9-17(20)19-14-15-10-12-16(13-11-15)18(21)22;/h10-13H,2-9,14H2,1H3,(H,19,20)(H,21,22);/q;+1/p-1. The van der Waals surface area contributed by atoms with E-state index in [-0.39, 0.29) is 41.0 Å². The summed E-state index contributed by atoms with van der Waals surface area (Å²) < 4.78 is 0. The van der Waals surface area contributed by atoms with Crippen molar-refractivity contribution in [3.8, 4) is 0 Å². The van der Waals surface area contributed by atoms with Crippen molar-refractivity contribution < 1.29 is 44.3 Å². The van der Waals surface area contributed by atoms with Crippen molar-refractivity contribution in [2.24, 2.45) is 0 Å². The van der Waals surface area contributed by atoms with Gasteiger partial charge in [0.1, 0.15) is 0 Å². The first-order valence-electron chi connectivity index (χ1n) is 8.20. The van der Waals surface area contributed by atoms with Gasteiger partial charge in [0.25, 0.3) is 0 Å². The van der Waals surface area contributed by atoms with Crippen LogP contribution in [0.15, 0.2) is 24.3 Å². The number of carboxylic acids is 1. The van der Waals surface area contributed by atoms with E-state index in [1.165, 1.54) is 44.2 Å². The number of rotatable bonds is 11. The maximum atomic E-state index is 11.7. The quantitative estimate of drug-likeness (QED) is 0.452. The number of unbranched alkanes of at least 4 members (excludes halogenated alkanes) is 6. The normalized spacial score (nSPS) is 9.96. The first kappa shape index (κ1) is 22.2. The van der Waals surface area contributed by atoms with Crippen LogP contribution in [-0.4, -0.2) is 11.9 Å². The third kappa shape index (κ3) is 10.5. The van der Waals surface area contributed by atoms with Crippen LogP contribution in [0.5, 0.6) is 0 Å². The van der Waals surface area contributed by atoms with E-state index in [1.54, 1.807) is 12.1 Å². The Morgan fingerprint density at radius 2 is 1.52 bits per heavy atom. The fourth-order valence-corrected chi connectivity index (χ4v) is 2.29. The second kappa shape index (κ2) is 13.6. The number of carbonyl (C=O) groups excluding carboxylic acids is 2. The third-order valence-corrected chi connectivity index (χ3v) is 3.69. The topological polar surface area (TPSA) is 69.2 Å². The smallest absolute Gasteiger partial charge is 0.545 e. The third-order valence-electron chi connectivity index (χ3n) is 3.69. The maximum Gasteiger partial charge on any atom is 1.00 e. The Balaban J connectivity index is 0.00000484. The average Bonchev–Trinajstić information content (AvgIpc) is 2.52. The number of aromatic carboxylic acids is 1. The van der Waals surface area contributed by atoms with E-state index in [9.17, 15) is 14.7 Å². The predicted molar refractivity (Wildman–Crippen MR) is 85.2 cm³/mol. The Labute approximate surface area is 161 Å². The Morgan fingerprint density at radius 3 is 2.09 bits per heavy atom. The zero-order valence-electron chi connectivity index (χ0n) is 14.4. The summed E-state index contributed by atoms with van der Waals surface area (Å²) in [6.07, 6.45) is 8.93.